The molecule has 0 spiro atoms. The molecule has 0 radical (unpaired) electrons. The highest BCUT2D eigenvalue weighted by atomic mass is 16.5. The second-order valence-electron chi connectivity index (χ2n) is 9.73. The van der Waals surface area contributed by atoms with Gasteiger partial charge in [0.05, 0.1) is 0 Å². The van der Waals surface area contributed by atoms with Gasteiger partial charge in [-0.3, -0.25) is 4.79 Å². The minimum atomic E-state index is 0.0908. The van der Waals surface area contributed by atoms with Gasteiger partial charge in [0.15, 0.2) is 5.78 Å². The second-order valence-corrected chi connectivity index (χ2v) is 9.73. The third-order valence-corrected chi connectivity index (χ3v) is 6.05. The average Bonchev–Trinajstić information content (AvgIpc) is 2.66. The number of allylic oxidation sites excluding steroid dienone is 2. The average molecular weight is 399 g/mol. The Bertz CT molecular complexity index is 719. The quantitative estimate of drug-likeness (QED) is 0.355. The van der Waals surface area contributed by atoms with Crippen molar-refractivity contribution in [2.75, 3.05) is 0 Å². The van der Waals surface area contributed by atoms with Crippen LogP contribution in [0.1, 0.15) is 116 Å². The summed E-state index contributed by atoms with van der Waals surface area (Å²) in [7, 11) is 0. The number of carbonyl (C=O) groups excluding carboxylic acids is 1. The fourth-order valence-electron chi connectivity index (χ4n) is 4.07. The van der Waals surface area contributed by atoms with E-state index in [1.165, 1.54) is 48.8 Å². The number of hydrogen-bond donors (Lipinski definition) is 0. The molecule has 0 fully saturated rings. The predicted octanol–water partition coefficient (Wildman–Crippen LogP) is 7.86. The van der Waals surface area contributed by atoms with Crippen LogP contribution in [0.5, 0.6) is 5.75 Å². The summed E-state index contributed by atoms with van der Waals surface area (Å²) in [5.41, 5.74) is 4.84. The van der Waals surface area contributed by atoms with Crippen molar-refractivity contribution in [3.8, 4) is 5.75 Å². The van der Waals surface area contributed by atoms with Crippen LogP contribution in [-0.2, 0) is 23.1 Å². The third kappa shape index (κ3) is 6.73. The smallest absolute Gasteiger partial charge is 0.162 e. The first-order valence-corrected chi connectivity index (χ1v) is 11.8. The fourth-order valence-corrected chi connectivity index (χ4v) is 4.07. The first-order valence-electron chi connectivity index (χ1n) is 11.8. The summed E-state index contributed by atoms with van der Waals surface area (Å²) in [6.07, 6.45) is 12.0. The lowest BCUT2D eigenvalue weighted by Gasteiger charge is -2.28. The molecule has 0 aromatic heterocycles. The molecule has 0 N–H and O–H groups in total. The molecule has 1 heterocycles. The molecule has 0 saturated heterocycles. The van der Waals surface area contributed by atoms with Crippen LogP contribution in [0.3, 0.4) is 0 Å². The molecule has 0 amide bonds. The van der Waals surface area contributed by atoms with Gasteiger partial charge in [-0.25, -0.2) is 0 Å². The minimum Gasteiger partial charge on any atom is -0.461 e. The van der Waals surface area contributed by atoms with E-state index >= 15 is 0 Å². The number of unbranched alkanes of at least 4 members (excludes halogenated alkanes) is 6. The SMILES string of the molecule is CCCCCCCc1cc(C(C)(C)C)cc2c1OC(C)=C(C(=O)CCCCC)C2. The lowest BCUT2D eigenvalue weighted by molar-refractivity contribution is -0.116. The maximum atomic E-state index is 12.8. The number of carbonyl (C=O) groups is 1. The number of ether oxygens (including phenoxy) is 1. The van der Waals surface area contributed by atoms with Gasteiger partial charge in [-0.1, -0.05) is 85.3 Å². The van der Waals surface area contributed by atoms with E-state index in [-0.39, 0.29) is 11.2 Å². The summed E-state index contributed by atoms with van der Waals surface area (Å²) in [5, 5.41) is 0. The number of hydrogen-bond acceptors (Lipinski definition) is 2. The topological polar surface area (TPSA) is 26.3 Å². The fraction of sp³-hybridized carbons (Fsp3) is 0.667. The van der Waals surface area contributed by atoms with Crippen molar-refractivity contribution in [3.63, 3.8) is 0 Å². The van der Waals surface area contributed by atoms with Gasteiger partial charge in [-0.15, -0.1) is 0 Å². The molecule has 0 aliphatic carbocycles. The minimum absolute atomic E-state index is 0.0908. The monoisotopic (exact) mass is 398 g/mol. The number of benzene rings is 1. The molecule has 29 heavy (non-hydrogen) atoms. The van der Waals surface area contributed by atoms with Crippen LogP contribution >= 0.6 is 0 Å². The van der Waals surface area contributed by atoms with Crippen LogP contribution < -0.4 is 4.74 Å². The molecule has 2 nitrogen and oxygen atoms in total. The van der Waals surface area contributed by atoms with Crippen molar-refractivity contribution in [1.82, 2.24) is 0 Å². The highest BCUT2D eigenvalue weighted by Crippen LogP contribution is 2.38. The molecule has 0 unspecified atom stereocenters. The Kier molecular flexibility index (Phi) is 8.99. The number of Topliss-reactive ketones (excluding diaryl/α,β-unsaturated/α-hetero) is 1. The Morgan fingerprint density at radius 2 is 1.62 bits per heavy atom. The lowest BCUT2D eigenvalue weighted by Crippen LogP contribution is -2.19. The standard InChI is InChI=1S/C27H42O2/c1-7-9-11-12-14-15-21-17-23(27(4,5)6)18-22-19-24(20(3)29-26(21)22)25(28)16-13-10-8-2/h17-18H,7-16,19H2,1-6H3. The Morgan fingerprint density at radius 3 is 2.28 bits per heavy atom. The predicted molar refractivity (Wildman–Crippen MR) is 124 cm³/mol. The summed E-state index contributed by atoms with van der Waals surface area (Å²) in [5.74, 6) is 2.11. The number of fused-ring (bicyclic) bond motifs is 1. The molecule has 0 saturated carbocycles. The van der Waals surface area contributed by atoms with Gasteiger partial charge < -0.3 is 4.74 Å². The largest absolute Gasteiger partial charge is 0.461 e. The van der Waals surface area contributed by atoms with Gasteiger partial charge in [0, 0.05) is 18.4 Å². The number of aryl methyl sites for hydroxylation is 1. The van der Waals surface area contributed by atoms with Crippen LogP contribution in [0.4, 0.5) is 0 Å². The lowest BCUT2D eigenvalue weighted by atomic mass is 9.82. The summed E-state index contributed by atoms with van der Waals surface area (Å²) in [6.45, 7) is 13.2. The number of ketones is 1. The summed E-state index contributed by atoms with van der Waals surface area (Å²) >= 11 is 0. The molecule has 1 aromatic carbocycles. The van der Waals surface area contributed by atoms with E-state index in [9.17, 15) is 4.79 Å². The van der Waals surface area contributed by atoms with Gasteiger partial charge in [-0.05, 0) is 48.3 Å². The zero-order valence-electron chi connectivity index (χ0n) is 19.7. The summed E-state index contributed by atoms with van der Waals surface area (Å²) in [6, 6.07) is 4.63. The van der Waals surface area contributed by atoms with Gasteiger partial charge in [0.25, 0.3) is 0 Å². The van der Waals surface area contributed by atoms with Crippen molar-refractivity contribution >= 4 is 5.78 Å². The molecule has 162 valence electrons. The molecule has 1 aromatic rings. The molecule has 1 aliphatic rings. The second kappa shape index (κ2) is 11.0. The van der Waals surface area contributed by atoms with Crippen LogP contribution in [-0.4, -0.2) is 5.78 Å². The van der Waals surface area contributed by atoms with Crippen LogP contribution in [0.15, 0.2) is 23.5 Å². The maximum Gasteiger partial charge on any atom is 0.162 e. The van der Waals surface area contributed by atoms with E-state index < -0.39 is 0 Å². The third-order valence-electron chi connectivity index (χ3n) is 6.05. The van der Waals surface area contributed by atoms with Crippen LogP contribution in [0, 0.1) is 0 Å². The zero-order chi connectivity index (χ0) is 21.4. The van der Waals surface area contributed by atoms with E-state index in [4.69, 9.17) is 4.74 Å². The van der Waals surface area contributed by atoms with Crippen molar-refractivity contribution < 1.29 is 9.53 Å². The Balaban J connectivity index is 2.24. The van der Waals surface area contributed by atoms with E-state index in [1.807, 2.05) is 6.92 Å². The van der Waals surface area contributed by atoms with E-state index in [0.717, 1.165) is 49.2 Å². The highest BCUT2D eigenvalue weighted by Gasteiger charge is 2.26. The normalized spacial score (nSPS) is 14.0. The molecule has 1 aliphatic heterocycles. The van der Waals surface area contributed by atoms with Crippen LogP contribution in [0.2, 0.25) is 0 Å². The Hall–Kier alpha value is -1.57. The van der Waals surface area contributed by atoms with E-state index in [1.54, 1.807) is 0 Å². The summed E-state index contributed by atoms with van der Waals surface area (Å²) in [4.78, 5) is 12.8. The van der Waals surface area contributed by atoms with Crippen LogP contribution in [0.25, 0.3) is 0 Å². The molecule has 2 heteroatoms. The molecular weight excluding hydrogens is 356 g/mol. The van der Waals surface area contributed by atoms with Crippen molar-refractivity contribution in [2.24, 2.45) is 0 Å². The highest BCUT2D eigenvalue weighted by molar-refractivity contribution is 5.96. The van der Waals surface area contributed by atoms with Crippen molar-refractivity contribution in [2.45, 2.75) is 118 Å². The number of rotatable bonds is 11. The molecular formula is C27H42O2. The first kappa shape index (κ1) is 23.7. The Labute approximate surface area is 179 Å². The van der Waals surface area contributed by atoms with E-state index in [0.29, 0.717) is 6.42 Å². The van der Waals surface area contributed by atoms with Gasteiger partial charge in [0.1, 0.15) is 11.5 Å². The molecule has 0 bridgehead atoms. The zero-order valence-corrected chi connectivity index (χ0v) is 19.7. The van der Waals surface area contributed by atoms with Crippen molar-refractivity contribution in [3.05, 3.63) is 40.2 Å². The van der Waals surface area contributed by atoms with Crippen molar-refractivity contribution in [1.29, 1.82) is 0 Å². The Morgan fingerprint density at radius 1 is 0.966 bits per heavy atom. The van der Waals surface area contributed by atoms with Gasteiger partial charge in [0.2, 0.25) is 0 Å². The first-order chi connectivity index (χ1) is 13.8. The molecule has 0 atom stereocenters. The van der Waals surface area contributed by atoms with Gasteiger partial charge in [-0.2, -0.15) is 0 Å². The molecule has 2 rings (SSSR count). The van der Waals surface area contributed by atoms with Gasteiger partial charge >= 0.3 is 0 Å². The summed E-state index contributed by atoms with van der Waals surface area (Å²) < 4.78 is 6.31. The van der Waals surface area contributed by atoms with E-state index in [2.05, 4.69) is 46.8 Å². The maximum absolute atomic E-state index is 12.8.